The van der Waals surface area contributed by atoms with Gasteiger partial charge in [-0.15, -0.1) is 0 Å². The maximum Gasteiger partial charge on any atom is 0.416 e. The van der Waals surface area contributed by atoms with Crippen LogP contribution in [0.5, 0.6) is 0 Å². The Hall–Kier alpha value is -2.11. The van der Waals surface area contributed by atoms with Crippen LogP contribution in [0.2, 0.25) is 0 Å². The van der Waals surface area contributed by atoms with E-state index in [0.29, 0.717) is 25.7 Å². The predicted octanol–water partition coefficient (Wildman–Crippen LogP) is 4.85. The highest BCUT2D eigenvalue weighted by Crippen LogP contribution is 2.32. The molecule has 1 saturated heterocycles. The lowest BCUT2D eigenvalue weighted by atomic mass is 9.89. The number of hydrogen-bond donors (Lipinski definition) is 0. The van der Waals surface area contributed by atoms with E-state index in [-0.39, 0.29) is 6.04 Å². The van der Waals surface area contributed by atoms with Crippen molar-refractivity contribution in [2.75, 3.05) is 13.2 Å². The molecule has 2 aromatic rings. The van der Waals surface area contributed by atoms with Crippen LogP contribution in [0.25, 0.3) is 0 Å². The van der Waals surface area contributed by atoms with Gasteiger partial charge in [-0.1, -0.05) is 54.1 Å². The molecule has 0 saturated carbocycles. The molecule has 142 valence electrons. The molecule has 27 heavy (non-hydrogen) atoms. The standard InChI is InChI=1S/C22H22F3NO/c23-22(24,25)19-8-6-16(7-9-19)10-18-11-20-14-27-15-21(12-18)26(20)13-17-4-2-1-3-5-17/h1-9,11,20-21H,10,12-15H2. The van der Waals surface area contributed by atoms with Crippen LogP contribution in [0.3, 0.4) is 0 Å². The summed E-state index contributed by atoms with van der Waals surface area (Å²) in [5, 5.41) is 0. The highest BCUT2D eigenvalue weighted by atomic mass is 19.4. The summed E-state index contributed by atoms with van der Waals surface area (Å²) >= 11 is 0. The molecule has 0 aromatic heterocycles. The molecular weight excluding hydrogens is 351 g/mol. The monoisotopic (exact) mass is 373 g/mol. The topological polar surface area (TPSA) is 12.5 Å². The van der Waals surface area contributed by atoms with Crippen molar-refractivity contribution in [3.8, 4) is 0 Å². The Kier molecular flexibility index (Phi) is 5.06. The SMILES string of the molecule is FC(F)(F)c1ccc(CC2=CC3COCC(C2)N3Cc2ccccc2)cc1. The van der Waals surface area contributed by atoms with E-state index >= 15 is 0 Å². The van der Waals surface area contributed by atoms with Gasteiger partial charge in [0.1, 0.15) is 0 Å². The molecule has 2 aliphatic rings. The van der Waals surface area contributed by atoms with Crippen LogP contribution >= 0.6 is 0 Å². The van der Waals surface area contributed by atoms with Gasteiger partial charge < -0.3 is 4.74 Å². The van der Waals surface area contributed by atoms with Crippen LogP contribution in [0.15, 0.2) is 66.2 Å². The molecule has 2 heterocycles. The molecule has 2 unspecified atom stereocenters. The van der Waals surface area contributed by atoms with Crippen molar-refractivity contribution >= 4 is 0 Å². The molecule has 0 N–H and O–H groups in total. The molecular formula is C22H22F3NO. The number of alkyl halides is 3. The molecule has 0 radical (unpaired) electrons. The van der Waals surface area contributed by atoms with Gasteiger partial charge in [0.05, 0.1) is 24.8 Å². The zero-order valence-corrected chi connectivity index (χ0v) is 15.0. The Bertz CT molecular complexity index is 799. The third kappa shape index (κ3) is 4.25. The third-order valence-electron chi connectivity index (χ3n) is 5.34. The molecule has 5 heteroatoms. The Morgan fingerprint density at radius 2 is 1.67 bits per heavy atom. The largest absolute Gasteiger partial charge is 0.416 e. The minimum absolute atomic E-state index is 0.224. The van der Waals surface area contributed by atoms with Crippen LogP contribution in [-0.4, -0.2) is 30.2 Å². The van der Waals surface area contributed by atoms with E-state index in [2.05, 4.69) is 35.2 Å². The molecule has 2 atom stereocenters. The average Bonchev–Trinajstić information content (AvgIpc) is 2.63. The maximum atomic E-state index is 12.7. The Morgan fingerprint density at radius 3 is 2.33 bits per heavy atom. The van der Waals surface area contributed by atoms with Crippen LogP contribution in [0.4, 0.5) is 13.2 Å². The van der Waals surface area contributed by atoms with Gasteiger partial charge in [0, 0.05) is 12.6 Å². The zero-order valence-electron chi connectivity index (χ0n) is 15.0. The second-order valence-electron chi connectivity index (χ2n) is 7.32. The fourth-order valence-corrected chi connectivity index (χ4v) is 4.00. The van der Waals surface area contributed by atoms with E-state index < -0.39 is 11.7 Å². The highest BCUT2D eigenvalue weighted by Gasteiger charge is 2.34. The summed E-state index contributed by atoms with van der Waals surface area (Å²) in [4.78, 5) is 2.48. The van der Waals surface area contributed by atoms with Gasteiger partial charge in [-0.05, 0) is 36.1 Å². The number of benzene rings is 2. The normalized spacial score (nSPS) is 23.1. The van der Waals surface area contributed by atoms with Crippen LogP contribution < -0.4 is 0 Å². The fourth-order valence-electron chi connectivity index (χ4n) is 4.00. The zero-order chi connectivity index (χ0) is 18.9. The number of fused-ring (bicyclic) bond motifs is 2. The van der Waals surface area contributed by atoms with Gasteiger partial charge in [-0.25, -0.2) is 0 Å². The van der Waals surface area contributed by atoms with Gasteiger partial charge in [-0.2, -0.15) is 13.2 Å². The van der Waals surface area contributed by atoms with Crippen molar-refractivity contribution < 1.29 is 17.9 Å². The quantitative estimate of drug-likeness (QED) is 0.711. The molecule has 2 bridgehead atoms. The molecule has 0 aliphatic carbocycles. The van der Waals surface area contributed by atoms with Gasteiger partial charge in [0.2, 0.25) is 0 Å². The Morgan fingerprint density at radius 1 is 0.926 bits per heavy atom. The Balaban J connectivity index is 1.47. The van der Waals surface area contributed by atoms with Crippen molar-refractivity contribution in [3.63, 3.8) is 0 Å². The smallest absolute Gasteiger partial charge is 0.378 e. The summed E-state index contributed by atoms with van der Waals surface area (Å²) < 4.78 is 43.9. The van der Waals surface area contributed by atoms with E-state index in [1.54, 1.807) is 12.1 Å². The second-order valence-corrected chi connectivity index (χ2v) is 7.32. The minimum Gasteiger partial charge on any atom is -0.378 e. The number of morpholine rings is 1. The van der Waals surface area contributed by atoms with Crippen molar-refractivity contribution in [3.05, 3.63) is 82.9 Å². The lowest BCUT2D eigenvalue weighted by Crippen LogP contribution is -2.53. The van der Waals surface area contributed by atoms with Gasteiger partial charge >= 0.3 is 6.18 Å². The van der Waals surface area contributed by atoms with Crippen molar-refractivity contribution in [2.24, 2.45) is 0 Å². The first-order valence-corrected chi connectivity index (χ1v) is 9.22. The van der Waals surface area contributed by atoms with Crippen LogP contribution in [0.1, 0.15) is 23.1 Å². The van der Waals surface area contributed by atoms with Crippen molar-refractivity contribution in [1.29, 1.82) is 0 Å². The van der Waals surface area contributed by atoms with Crippen molar-refractivity contribution in [2.45, 2.75) is 37.6 Å². The van der Waals surface area contributed by atoms with E-state index in [0.717, 1.165) is 18.5 Å². The van der Waals surface area contributed by atoms with Gasteiger partial charge in [0.15, 0.2) is 0 Å². The number of rotatable bonds is 4. The second kappa shape index (κ2) is 7.49. The molecule has 1 fully saturated rings. The molecule has 2 aliphatic heterocycles. The first-order valence-electron chi connectivity index (χ1n) is 9.22. The minimum atomic E-state index is -4.28. The van der Waals surface area contributed by atoms with Crippen LogP contribution in [0, 0.1) is 0 Å². The average molecular weight is 373 g/mol. The van der Waals surface area contributed by atoms with Crippen LogP contribution in [-0.2, 0) is 23.9 Å². The summed E-state index contributed by atoms with van der Waals surface area (Å²) in [5.74, 6) is 0. The lowest BCUT2D eigenvalue weighted by Gasteiger charge is -2.45. The number of halogens is 3. The third-order valence-corrected chi connectivity index (χ3v) is 5.34. The fraction of sp³-hybridized carbons (Fsp3) is 0.364. The predicted molar refractivity (Wildman–Crippen MR) is 98.2 cm³/mol. The van der Waals surface area contributed by atoms with E-state index in [1.807, 2.05) is 6.07 Å². The summed E-state index contributed by atoms with van der Waals surface area (Å²) in [5.41, 5.74) is 2.90. The number of hydrogen-bond acceptors (Lipinski definition) is 2. The van der Waals surface area contributed by atoms with Gasteiger partial charge in [-0.3, -0.25) is 4.90 Å². The maximum absolute atomic E-state index is 12.7. The van der Waals surface area contributed by atoms with E-state index in [1.165, 1.54) is 23.3 Å². The number of nitrogens with zero attached hydrogens (tertiary/aromatic N) is 1. The summed E-state index contributed by atoms with van der Waals surface area (Å²) in [6.07, 6.45) is -0.445. The van der Waals surface area contributed by atoms with Gasteiger partial charge in [0.25, 0.3) is 0 Å². The summed E-state index contributed by atoms with van der Waals surface area (Å²) in [6, 6.07) is 16.5. The molecule has 0 amide bonds. The first kappa shape index (κ1) is 18.3. The van der Waals surface area contributed by atoms with Crippen molar-refractivity contribution in [1.82, 2.24) is 4.90 Å². The molecule has 4 rings (SSSR count). The molecule has 2 aromatic carbocycles. The summed E-state index contributed by atoms with van der Waals surface area (Å²) in [7, 11) is 0. The van der Waals surface area contributed by atoms with E-state index in [9.17, 15) is 13.2 Å². The Labute approximate surface area is 157 Å². The first-order chi connectivity index (χ1) is 13.0. The highest BCUT2D eigenvalue weighted by molar-refractivity contribution is 5.30. The summed E-state index contributed by atoms with van der Waals surface area (Å²) in [6.45, 7) is 2.26. The van der Waals surface area contributed by atoms with E-state index in [4.69, 9.17) is 4.74 Å². The lowest BCUT2D eigenvalue weighted by molar-refractivity contribution is -0.137. The molecule has 0 spiro atoms. The molecule has 2 nitrogen and oxygen atoms in total. The number of ether oxygens (including phenoxy) is 1.